The molecule has 0 amide bonds. The van der Waals surface area contributed by atoms with Gasteiger partial charge in [0.2, 0.25) is 0 Å². The van der Waals surface area contributed by atoms with Crippen LogP contribution in [0.3, 0.4) is 0 Å². The Hall–Kier alpha value is -2.69. The van der Waals surface area contributed by atoms with Crippen LogP contribution in [-0.2, 0) is 0 Å². The van der Waals surface area contributed by atoms with E-state index in [1.54, 1.807) is 24.3 Å². The van der Waals surface area contributed by atoms with Crippen LogP contribution in [0.5, 0.6) is 5.75 Å². The maximum absolute atomic E-state index is 12.7. The normalized spacial score (nSPS) is 10.6. The molecule has 19 heavy (non-hydrogen) atoms. The van der Waals surface area contributed by atoms with Gasteiger partial charge in [0.25, 0.3) is 0 Å². The van der Waals surface area contributed by atoms with Crippen molar-refractivity contribution in [2.24, 2.45) is 5.16 Å². The lowest BCUT2D eigenvalue weighted by molar-refractivity contribution is 0.0734. The van der Waals surface area contributed by atoms with Gasteiger partial charge in [0.15, 0.2) is 0 Å². The molecule has 0 unspecified atom stereocenters. The molecule has 5 heteroatoms. The van der Waals surface area contributed by atoms with Crippen molar-refractivity contribution >= 4 is 12.2 Å². The number of benzene rings is 2. The van der Waals surface area contributed by atoms with Crippen LogP contribution < -0.4 is 4.74 Å². The van der Waals surface area contributed by atoms with E-state index in [-0.39, 0.29) is 5.56 Å². The summed E-state index contributed by atoms with van der Waals surface area (Å²) in [6, 6.07) is 11.5. The van der Waals surface area contributed by atoms with E-state index in [9.17, 15) is 9.18 Å². The molecule has 0 radical (unpaired) electrons. The Bertz CT molecular complexity index is 591. The minimum atomic E-state index is -0.566. The van der Waals surface area contributed by atoms with Gasteiger partial charge in [-0.2, -0.15) is 0 Å². The standard InChI is InChI=1S/C14H10FNO3/c15-12-5-3-11(4-6-12)14(17)19-13-7-1-10(2-8-13)9-16-18/h1-9,18H/b16-9+. The van der Waals surface area contributed by atoms with Crippen molar-refractivity contribution in [3.05, 3.63) is 65.5 Å². The molecule has 2 aromatic carbocycles. The van der Waals surface area contributed by atoms with Gasteiger partial charge in [-0.1, -0.05) is 5.16 Å². The van der Waals surface area contributed by atoms with Crippen molar-refractivity contribution in [3.8, 4) is 5.75 Å². The zero-order chi connectivity index (χ0) is 13.7. The molecule has 1 N–H and O–H groups in total. The van der Waals surface area contributed by atoms with Crippen molar-refractivity contribution in [2.45, 2.75) is 0 Å². The number of rotatable bonds is 3. The molecule has 0 aliphatic carbocycles. The van der Waals surface area contributed by atoms with E-state index >= 15 is 0 Å². The van der Waals surface area contributed by atoms with Crippen molar-refractivity contribution < 1.29 is 19.1 Å². The molecule has 0 heterocycles. The number of hydrogen-bond donors (Lipinski definition) is 1. The van der Waals surface area contributed by atoms with Crippen LogP contribution in [0.1, 0.15) is 15.9 Å². The van der Waals surface area contributed by atoms with E-state index < -0.39 is 11.8 Å². The first-order valence-electron chi connectivity index (χ1n) is 5.44. The van der Waals surface area contributed by atoms with E-state index in [1.165, 1.54) is 30.5 Å². The van der Waals surface area contributed by atoms with Crippen LogP contribution in [0.25, 0.3) is 0 Å². The lowest BCUT2D eigenvalue weighted by Gasteiger charge is -2.04. The molecule has 0 saturated carbocycles. The zero-order valence-corrected chi connectivity index (χ0v) is 9.79. The average Bonchev–Trinajstić information content (AvgIpc) is 2.42. The molecule has 0 aliphatic rings. The van der Waals surface area contributed by atoms with Gasteiger partial charge in [-0.25, -0.2) is 9.18 Å². The van der Waals surface area contributed by atoms with Gasteiger partial charge in [0.05, 0.1) is 11.8 Å². The first kappa shape index (κ1) is 12.8. The lowest BCUT2D eigenvalue weighted by atomic mass is 10.2. The van der Waals surface area contributed by atoms with E-state index in [0.29, 0.717) is 11.3 Å². The highest BCUT2D eigenvalue weighted by Crippen LogP contribution is 2.14. The minimum Gasteiger partial charge on any atom is -0.423 e. The fraction of sp³-hybridized carbons (Fsp3) is 0. The van der Waals surface area contributed by atoms with Gasteiger partial charge in [-0.05, 0) is 54.1 Å². The molecule has 0 fully saturated rings. The summed E-state index contributed by atoms with van der Waals surface area (Å²) in [5.41, 5.74) is 0.937. The Balaban J connectivity index is 2.08. The van der Waals surface area contributed by atoms with Crippen molar-refractivity contribution in [2.75, 3.05) is 0 Å². The molecular formula is C14H10FNO3. The highest BCUT2D eigenvalue weighted by Gasteiger charge is 2.08. The zero-order valence-electron chi connectivity index (χ0n) is 9.79. The maximum Gasteiger partial charge on any atom is 0.343 e. The Kier molecular flexibility index (Phi) is 3.87. The van der Waals surface area contributed by atoms with Crippen LogP contribution in [0.15, 0.2) is 53.7 Å². The SMILES string of the molecule is O=C(Oc1ccc(/C=N/O)cc1)c1ccc(F)cc1. The summed E-state index contributed by atoms with van der Waals surface area (Å²) in [6.07, 6.45) is 1.26. The second-order valence-electron chi connectivity index (χ2n) is 3.71. The highest BCUT2D eigenvalue weighted by molar-refractivity contribution is 5.91. The number of esters is 1. The second kappa shape index (κ2) is 5.77. The van der Waals surface area contributed by atoms with Gasteiger partial charge >= 0.3 is 5.97 Å². The fourth-order valence-corrected chi connectivity index (χ4v) is 1.44. The molecule has 4 nitrogen and oxygen atoms in total. The lowest BCUT2D eigenvalue weighted by Crippen LogP contribution is -2.08. The molecular weight excluding hydrogens is 249 g/mol. The smallest absolute Gasteiger partial charge is 0.343 e. The van der Waals surface area contributed by atoms with Gasteiger partial charge in [0, 0.05) is 0 Å². The third-order valence-corrected chi connectivity index (χ3v) is 2.38. The molecule has 0 aliphatic heterocycles. The minimum absolute atomic E-state index is 0.266. The number of carbonyl (C=O) groups is 1. The van der Waals surface area contributed by atoms with Crippen LogP contribution in [-0.4, -0.2) is 17.4 Å². The highest BCUT2D eigenvalue weighted by atomic mass is 19.1. The first-order chi connectivity index (χ1) is 9.19. The average molecular weight is 259 g/mol. The first-order valence-corrected chi connectivity index (χ1v) is 5.44. The van der Waals surface area contributed by atoms with Crippen molar-refractivity contribution in [1.82, 2.24) is 0 Å². The number of halogens is 1. The topological polar surface area (TPSA) is 58.9 Å². The maximum atomic E-state index is 12.7. The summed E-state index contributed by atoms with van der Waals surface area (Å²) in [7, 11) is 0. The van der Waals surface area contributed by atoms with E-state index in [1.807, 2.05) is 0 Å². The van der Waals surface area contributed by atoms with Gasteiger partial charge in [-0.15, -0.1) is 0 Å². The van der Waals surface area contributed by atoms with Gasteiger partial charge in [0.1, 0.15) is 11.6 Å². The number of hydrogen-bond acceptors (Lipinski definition) is 4. The van der Waals surface area contributed by atoms with Crippen LogP contribution in [0.2, 0.25) is 0 Å². The third kappa shape index (κ3) is 3.38. The molecule has 0 bridgehead atoms. The molecule has 0 saturated heterocycles. The summed E-state index contributed by atoms with van der Waals surface area (Å²) in [5, 5.41) is 11.2. The summed E-state index contributed by atoms with van der Waals surface area (Å²) in [4.78, 5) is 11.7. The Morgan fingerprint density at radius 2 is 1.74 bits per heavy atom. The largest absolute Gasteiger partial charge is 0.423 e. The summed E-state index contributed by atoms with van der Waals surface area (Å²) in [6.45, 7) is 0. The summed E-state index contributed by atoms with van der Waals surface area (Å²) >= 11 is 0. The van der Waals surface area contributed by atoms with Crippen molar-refractivity contribution in [1.29, 1.82) is 0 Å². The number of oxime groups is 1. The Morgan fingerprint density at radius 1 is 1.11 bits per heavy atom. The fourth-order valence-electron chi connectivity index (χ4n) is 1.44. The Labute approximate surface area is 108 Å². The molecule has 0 aromatic heterocycles. The Morgan fingerprint density at radius 3 is 2.32 bits per heavy atom. The number of carbonyl (C=O) groups excluding carboxylic acids is 1. The predicted octanol–water partition coefficient (Wildman–Crippen LogP) is 2.85. The molecule has 96 valence electrons. The number of ether oxygens (including phenoxy) is 1. The monoisotopic (exact) mass is 259 g/mol. The quantitative estimate of drug-likeness (QED) is 0.303. The van der Waals surface area contributed by atoms with E-state index in [0.717, 1.165) is 0 Å². The molecule has 0 spiro atoms. The second-order valence-corrected chi connectivity index (χ2v) is 3.71. The molecule has 0 atom stereocenters. The van der Waals surface area contributed by atoms with Crippen LogP contribution in [0, 0.1) is 5.82 Å². The predicted molar refractivity (Wildman–Crippen MR) is 67.2 cm³/mol. The van der Waals surface area contributed by atoms with E-state index in [4.69, 9.17) is 9.94 Å². The van der Waals surface area contributed by atoms with E-state index in [2.05, 4.69) is 5.16 Å². The van der Waals surface area contributed by atoms with Crippen molar-refractivity contribution in [3.63, 3.8) is 0 Å². The summed E-state index contributed by atoms with van der Waals surface area (Å²) in [5.74, 6) is -0.628. The van der Waals surface area contributed by atoms with Gasteiger partial charge in [-0.3, -0.25) is 0 Å². The molecule has 2 aromatic rings. The van der Waals surface area contributed by atoms with Crippen LogP contribution >= 0.6 is 0 Å². The molecule has 2 rings (SSSR count). The number of nitrogens with zero attached hydrogens (tertiary/aromatic N) is 1. The third-order valence-electron chi connectivity index (χ3n) is 2.38. The summed E-state index contributed by atoms with van der Waals surface area (Å²) < 4.78 is 17.8. The van der Waals surface area contributed by atoms with Crippen LogP contribution in [0.4, 0.5) is 4.39 Å². The van der Waals surface area contributed by atoms with Gasteiger partial charge < -0.3 is 9.94 Å².